The predicted molar refractivity (Wildman–Crippen MR) is 83.4 cm³/mol. The zero-order chi connectivity index (χ0) is 14.8. The molecule has 0 amide bonds. The van der Waals surface area contributed by atoms with Crippen LogP contribution >= 0.6 is 0 Å². The Hall–Kier alpha value is -1.75. The summed E-state index contributed by atoms with van der Waals surface area (Å²) in [6, 6.07) is 6.40. The zero-order valence-corrected chi connectivity index (χ0v) is 12.5. The van der Waals surface area contributed by atoms with Crippen molar-refractivity contribution in [2.45, 2.75) is 37.8 Å². The Balaban J connectivity index is 1.70. The molecular formula is C16H23N3O2. The van der Waals surface area contributed by atoms with E-state index >= 15 is 0 Å². The molecule has 1 aromatic rings. The number of hydrogen-bond acceptors (Lipinski definition) is 5. The monoisotopic (exact) mass is 289 g/mol. The number of carbonyl (C=O) groups is 1. The Morgan fingerprint density at radius 2 is 2.24 bits per heavy atom. The molecule has 0 aliphatic carbocycles. The van der Waals surface area contributed by atoms with E-state index in [-0.39, 0.29) is 5.97 Å². The van der Waals surface area contributed by atoms with Gasteiger partial charge in [-0.15, -0.1) is 0 Å². The van der Waals surface area contributed by atoms with Crippen molar-refractivity contribution in [3.8, 4) is 0 Å². The van der Waals surface area contributed by atoms with Crippen molar-refractivity contribution in [2.75, 3.05) is 31.2 Å². The summed E-state index contributed by atoms with van der Waals surface area (Å²) in [6.07, 6.45) is 4.90. The van der Waals surface area contributed by atoms with E-state index < -0.39 is 0 Å². The average Bonchev–Trinajstić information content (AvgIpc) is 2.96. The van der Waals surface area contributed by atoms with Gasteiger partial charge in [0.25, 0.3) is 0 Å². The highest BCUT2D eigenvalue weighted by molar-refractivity contribution is 5.92. The minimum Gasteiger partial charge on any atom is -0.465 e. The number of nitrogens with zero attached hydrogens (tertiary/aromatic N) is 1. The fourth-order valence-electron chi connectivity index (χ4n) is 3.50. The lowest BCUT2D eigenvalue weighted by molar-refractivity contribution is 0.0601. The number of esters is 1. The molecule has 5 nitrogen and oxygen atoms in total. The van der Waals surface area contributed by atoms with Crippen LogP contribution in [0.25, 0.3) is 0 Å². The highest BCUT2D eigenvalue weighted by Crippen LogP contribution is 2.30. The third-order valence-electron chi connectivity index (χ3n) is 4.65. The second kappa shape index (κ2) is 5.93. The fourth-order valence-corrected chi connectivity index (χ4v) is 3.50. The second-order valence-electron chi connectivity index (χ2n) is 5.99. The van der Waals surface area contributed by atoms with Gasteiger partial charge in [-0.05, 0) is 50.4 Å². The summed E-state index contributed by atoms with van der Waals surface area (Å²) in [6.45, 7) is 2.40. The van der Waals surface area contributed by atoms with Crippen molar-refractivity contribution in [2.24, 2.45) is 0 Å². The summed E-state index contributed by atoms with van der Waals surface area (Å²) in [7, 11) is 1.39. The minimum absolute atomic E-state index is 0.330. The first-order chi connectivity index (χ1) is 10.2. The largest absolute Gasteiger partial charge is 0.465 e. The van der Waals surface area contributed by atoms with E-state index in [9.17, 15) is 4.79 Å². The Kier molecular flexibility index (Phi) is 4.01. The SMILES string of the molecule is COC(=O)c1ccc(N)c(NC2CCN3CCCC3C2)c1. The number of piperidine rings is 1. The highest BCUT2D eigenvalue weighted by Gasteiger charge is 2.31. The molecule has 3 N–H and O–H groups in total. The number of hydrogen-bond donors (Lipinski definition) is 2. The molecule has 114 valence electrons. The number of anilines is 2. The highest BCUT2D eigenvalue weighted by atomic mass is 16.5. The first-order valence-electron chi connectivity index (χ1n) is 7.66. The molecule has 2 heterocycles. The quantitative estimate of drug-likeness (QED) is 0.659. The molecule has 0 spiro atoms. The third kappa shape index (κ3) is 2.97. The van der Waals surface area contributed by atoms with Crippen LogP contribution in [0.4, 0.5) is 11.4 Å². The van der Waals surface area contributed by atoms with E-state index in [0.717, 1.165) is 25.1 Å². The average molecular weight is 289 g/mol. The molecule has 0 saturated carbocycles. The van der Waals surface area contributed by atoms with Crippen molar-refractivity contribution < 1.29 is 9.53 Å². The van der Waals surface area contributed by atoms with E-state index in [0.29, 0.717) is 23.3 Å². The smallest absolute Gasteiger partial charge is 0.337 e. The lowest BCUT2D eigenvalue weighted by Crippen LogP contribution is -2.42. The van der Waals surface area contributed by atoms with Crippen LogP contribution in [0.5, 0.6) is 0 Å². The summed E-state index contributed by atoms with van der Waals surface area (Å²) in [5, 5.41) is 3.52. The Morgan fingerprint density at radius 3 is 3.05 bits per heavy atom. The van der Waals surface area contributed by atoms with Gasteiger partial charge in [0, 0.05) is 18.6 Å². The van der Waals surface area contributed by atoms with Gasteiger partial charge in [0.15, 0.2) is 0 Å². The number of nitrogens with one attached hydrogen (secondary N) is 1. The van der Waals surface area contributed by atoms with Gasteiger partial charge in [0.05, 0.1) is 24.0 Å². The Bertz CT molecular complexity index is 532. The van der Waals surface area contributed by atoms with Crippen molar-refractivity contribution in [3.05, 3.63) is 23.8 Å². The Labute approximate surface area is 125 Å². The third-order valence-corrected chi connectivity index (χ3v) is 4.65. The number of nitrogen functional groups attached to an aromatic ring is 1. The van der Waals surface area contributed by atoms with Crippen molar-refractivity contribution in [3.63, 3.8) is 0 Å². The van der Waals surface area contributed by atoms with Crippen LogP contribution in [0, 0.1) is 0 Å². The molecule has 2 aliphatic heterocycles. The normalized spacial score (nSPS) is 25.4. The summed E-state index contributed by atoms with van der Waals surface area (Å²) in [5.41, 5.74) is 8.08. The molecule has 0 bridgehead atoms. The minimum atomic E-state index is -0.330. The van der Waals surface area contributed by atoms with Gasteiger partial charge in [-0.25, -0.2) is 4.79 Å². The van der Waals surface area contributed by atoms with E-state index in [1.54, 1.807) is 18.2 Å². The number of ether oxygens (including phenoxy) is 1. The first kappa shape index (κ1) is 14.2. The summed E-state index contributed by atoms with van der Waals surface area (Å²) in [5.74, 6) is -0.330. The van der Waals surface area contributed by atoms with Gasteiger partial charge in [0.2, 0.25) is 0 Å². The molecule has 0 radical (unpaired) electrons. The van der Waals surface area contributed by atoms with Gasteiger partial charge in [0.1, 0.15) is 0 Å². The molecule has 0 aromatic heterocycles. The standard InChI is InChI=1S/C16H23N3O2/c1-21-16(20)11-4-5-14(17)15(9-11)18-12-6-8-19-7-2-3-13(19)10-12/h4-5,9,12-13,18H,2-3,6-8,10,17H2,1H3. The van der Waals surface area contributed by atoms with Gasteiger partial charge in [-0.1, -0.05) is 0 Å². The van der Waals surface area contributed by atoms with Crippen LogP contribution in [0.2, 0.25) is 0 Å². The molecular weight excluding hydrogens is 266 g/mol. The summed E-state index contributed by atoms with van der Waals surface area (Å²) >= 11 is 0. The number of carbonyl (C=O) groups excluding carboxylic acids is 1. The molecule has 2 aliphatic rings. The number of fused-ring (bicyclic) bond motifs is 1. The van der Waals surface area contributed by atoms with Gasteiger partial charge >= 0.3 is 5.97 Å². The van der Waals surface area contributed by atoms with Crippen LogP contribution in [0.15, 0.2) is 18.2 Å². The predicted octanol–water partition coefficient (Wildman–Crippen LogP) is 2.09. The number of rotatable bonds is 3. The molecule has 3 rings (SSSR count). The lowest BCUT2D eigenvalue weighted by Gasteiger charge is -2.35. The van der Waals surface area contributed by atoms with Crippen LogP contribution < -0.4 is 11.1 Å². The maximum Gasteiger partial charge on any atom is 0.337 e. The maximum atomic E-state index is 11.6. The van der Waals surface area contributed by atoms with E-state index in [4.69, 9.17) is 10.5 Å². The topological polar surface area (TPSA) is 67.6 Å². The van der Waals surface area contributed by atoms with Crippen molar-refractivity contribution in [1.82, 2.24) is 4.90 Å². The maximum absolute atomic E-state index is 11.6. The van der Waals surface area contributed by atoms with Gasteiger partial charge in [-0.3, -0.25) is 0 Å². The number of benzene rings is 1. The van der Waals surface area contributed by atoms with Crippen LogP contribution in [0.1, 0.15) is 36.0 Å². The molecule has 21 heavy (non-hydrogen) atoms. The van der Waals surface area contributed by atoms with Crippen LogP contribution in [0.3, 0.4) is 0 Å². The summed E-state index contributed by atoms with van der Waals surface area (Å²) in [4.78, 5) is 14.2. The molecule has 2 saturated heterocycles. The van der Waals surface area contributed by atoms with Gasteiger partial charge < -0.3 is 20.7 Å². The van der Waals surface area contributed by atoms with E-state index in [2.05, 4.69) is 10.2 Å². The zero-order valence-electron chi connectivity index (χ0n) is 12.5. The van der Waals surface area contributed by atoms with Crippen LogP contribution in [-0.2, 0) is 4.74 Å². The Morgan fingerprint density at radius 1 is 1.38 bits per heavy atom. The molecule has 2 fully saturated rings. The summed E-state index contributed by atoms with van der Waals surface area (Å²) < 4.78 is 4.76. The first-order valence-corrected chi connectivity index (χ1v) is 7.66. The fraction of sp³-hybridized carbons (Fsp3) is 0.562. The van der Waals surface area contributed by atoms with Crippen molar-refractivity contribution >= 4 is 17.3 Å². The second-order valence-corrected chi connectivity index (χ2v) is 5.99. The number of methoxy groups -OCH3 is 1. The number of nitrogens with two attached hydrogens (primary N) is 1. The van der Waals surface area contributed by atoms with Gasteiger partial charge in [-0.2, -0.15) is 0 Å². The molecule has 2 atom stereocenters. The molecule has 2 unspecified atom stereocenters. The van der Waals surface area contributed by atoms with Crippen LogP contribution in [-0.4, -0.2) is 43.2 Å². The lowest BCUT2D eigenvalue weighted by atomic mass is 9.97. The van der Waals surface area contributed by atoms with E-state index in [1.165, 1.54) is 26.5 Å². The molecule has 5 heteroatoms. The van der Waals surface area contributed by atoms with E-state index in [1.807, 2.05) is 0 Å². The van der Waals surface area contributed by atoms with Crippen molar-refractivity contribution in [1.29, 1.82) is 0 Å². The molecule has 1 aromatic carbocycles.